The standard InChI is InChI=1S/C14H15ClN2O4S2/c1-9-11(15)3-2-4-12(9)23(20,21)16-6-5-10(7-16)17-13(18)8-22-14(17)19/h2-4,10H,5-8H2,1H3. The Morgan fingerprint density at radius 1 is 1.30 bits per heavy atom. The van der Waals surface area contributed by atoms with Crippen LogP contribution in [0.25, 0.3) is 0 Å². The smallest absolute Gasteiger partial charge is 0.273 e. The number of halogens is 1. The highest BCUT2D eigenvalue weighted by Gasteiger charge is 2.42. The Balaban J connectivity index is 1.84. The van der Waals surface area contributed by atoms with Crippen molar-refractivity contribution in [3.63, 3.8) is 0 Å². The molecule has 9 heteroatoms. The van der Waals surface area contributed by atoms with Crippen LogP contribution in [-0.4, -0.2) is 53.7 Å². The maximum absolute atomic E-state index is 12.8. The molecule has 0 N–H and O–H groups in total. The molecule has 0 saturated carbocycles. The lowest BCUT2D eigenvalue weighted by molar-refractivity contribution is -0.126. The summed E-state index contributed by atoms with van der Waals surface area (Å²) in [5.74, 6) is -0.113. The lowest BCUT2D eigenvalue weighted by Crippen LogP contribution is -2.41. The third-order valence-corrected chi connectivity index (χ3v) is 7.37. The molecule has 0 aromatic heterocycles. The van der Waals surface area contributed by atoms with E-state index in [1.165, 1.54) is 15.3 Å². The van der Waals surface area contributed by atoms with Gasteiger partial charge in [0.25, 0.3) is 5.24 Å². The van der Waals surface area contributed by atoms with Gasteiger partial charge >= 0.3 is 0 Å². The van der Waals surface area contributed by atoms with Crippen molar-refractivity contribution in [2.75, 3.05) is 18.8 Å². The van der Waals surface area contributed by atoms with Crippen LogP contribution in [0.5, 0.6) is 0 Å². The Kier molecular flexibility index (Phi) is 4.43. The summed E-state index contributed by atoms with van der Waals surface area (Å²) in [5, 5.41) is 0.0984. The van der Waals surface area contributed by atoms with Crippen LogP contribution in [0, 0.1) is 6.92 Å². The van der Waals surface area contributed by atoms with Crippen molar-refractivity contribution >= 4 is 44.5 Å². The van der Waals surface area contributed by atoms with E-state index in [0.29, 0.717) is 17.0 Å². The number of hydrogen-bond donors (Lipinski definition) is 0. The zero-order chi connectivity index (χ0) is 16.8. The molecular weight excluding hydrogens is 360 g/mol. The zero-order valence-corrected chi connectivity index (χ0v) is 14.7. The highest BCUT2D eigenvalue weighted by atomic mass is 35.5. The van der Waals surface area contributed by atoms with Crippen LogP contribution in [0.15, 0.2) is 23.1 Å². The fraction of sp³-hybridized carbons (Fsp3) is 0.429. The topological polar surface area (TPSA) is 74.8 Å². The molecular formula is C14H15ClN2O4S2. The number of rotatable bonds is 3. The molecule has 2 aliphatic rings. The van der Waals surface area contributed by atoms with E-state index >= 15 is 0 Å². The minimum Gasteiger partial charge on any atom is -0.273 e. The number of benzene rings is 1. The van der Waals surface area contributed by atoms with Crippen molar-refractivity contribution in [3.05, 3.63) is 28.8 Å². The molecule has 2 saturated heterocycles. The molecule has 1 aromatic rings. The van der Waals surface area contributed by atoms with E-state index in [1.54, 1.807) is 19.1 Å². The second kappa shape index (κ2) is 6.08. The summed E-state index contributed by atoms with van der Waals surface area (Å²) in [6, 6.07) is 4.37. The Morgan fingerprint density at radius 3 is 2.70 bits per heavy atom. The van der Waals surface area contributed by atoms with Gasteiger partial charge in [-0.3, -0.25) is 14.5 Å². The van der Waals surface area contributed by atoms with Gasteiger partial charge in [0.2, 0.25) is 15.9 Å². The third-order valence-electron chi connectivity index (χ3n) is 4.11. The van der Waals surface area contributed by atoms with Crippen molar-refractivity contribution in [1.82, 2.24) is 9.21 Å². The largest absolute Gasteiger partial charge is 0.289 e. The first kappa shape index (κ1) is 16.8. The molecule has 0 bridgehead atoms. The first-order chi connectivity index (χ1) is 10.8. The summed E-state index contributed by atoms with van der Waals surface area (Å²) < 4.78 is 26.9. The van der Waals surface area contributed by atoms with Gasteiger partial charge < -0.3 is 0 Å². The Morgan fingerprint density at radius 2 is 2.04 bits per heavy atom. The molecule has 23 heavy (non-hydrogen) atoms. The Bertz CT molecular complexity index is 765. The van der Waals surface area contributed by atoms with Crippen LogP contribution < -0.4 is 0 Å². The van der Waals surface area contributed by atoms with Gasteiger partial charge in [0.05, 0.1) is 16.7 Å². The molecule has 2 fully saturated rings. The molecule has 0 aliphatic carbocycles. The monoisotopic (exact) mass is 374 g/mol. The fourth-order valence-corrected chi connectivity index (χ4v) is 5.61. The normalized spacial score (nSPS) is 23.0. The maximum Gasteiger partial charge on any atom is 0.289 e. The second-order valence-corrected chi connectivity index (χ2v) is 8.73. The molecule has 0 spiro atoms. The number of carbonyl (C=O) groups excluding carboxylic acids is 2. The molecule has 2 heterocycles. The van der Waals surface area contributed by atoms with Crippen LogP contribution in [-0.2, 0) is 14.8 Å². The van der Waals surface area contributed by atoms with E-state index in [9.17, 15) is 18.0 Å². The van der Waals surface area contributed by atoms with Gasteiger partial charge in [0.15, 0.2) is 0 Å². The number of amides is 2. The van der Waals surface area contributed by atoms with Gasteiger partial charge in [-0.1, -0.05) is 29.4 Å². The molecule has 1 unspecified atom stereocenters. The predicted molar refractivity (Wildman–Crippen MR) is 88.1 cm³/mol. The molecule has 6 nitrogen and oxygen atoms in total. The minimum absolute atomic E-state index is 0.131. The van der Waals surface area contributed by atoms with Crippen molar-refractivity contribution in [3.8, 4) is 0 Å². The van der Waals surface area contributed by atoms with Crippen LogP contribution in [0.1, 0.15) is 12.0 Å². The maximum atomic E-state index is 12.8. The molecule has 2 amide bonds. The van der Waals surface area contributed by atoms with Crippen molar-refractivity contribution < 1.29 is 18.0 Å². The van der Waals surface area contributed by atoms with Gasteiger partial charge in [-0.15, -0.1) is 0 Å². The van der Waals surface area contributed by atoms with E-state index in [4.69, 9.17) is 11.6 Å². The molecule has 1 aromatic carbocycles. The van der Waals surface area contributed by atoms with E-state index in [2.05, 4.69) is 0 Å². The van der Waals surface area contributed by atoms with E-state index in [0.717, 1.165) is 11.8 Å². The average Bonchev–Trinajstić information content (AvgIpc) is 3.09. The number of hydrogen-bond acceptors (Lipinski definition) is 5. The molecule has 124 valence electrons. The van der Waals surface area contributed by atoms with E-state index < -0.39 is 10.0 Å². The minimum atomic E-state index is -3.70. The van der Waals surface area contributed by atoms with E-state index in [1.807, 2.05) is 0 Å². The Labute approximate surface area is 143 Å². The number of carbonyl (C=O) groups is 2. The SMILES string of the molecule is Cc1c(Cl)cccc1S(=O)(=O)N1CCC(N2C(=O)CSC2=O)C1. The van der Waals surface area contributed by atoms with Crippen molar-refractivity contribution in [1.29, 1.82) is 0 Å². The summed E-state index contributed by atoms with van der Waals surface area (Å²) in [6.45, 7) is 2.07. The van der Waals surface area contributed by atoms with Gasteiger partial charge in [0.1, 0.15) is 0 Å². The number of sulfonamides is 1. The van der Waals surface area contributed by atoms with Gasteiger partial charge in [-0.2, -0.15) is 4.31 Å². The third kappa shape index (κ3) is 2.88. The summed E-state index contributed by atoms with van der Waals surface area (Å²) in [5.41, 5.74) is 0.501. The summed E-state index contributed by atoms with van der Waals surface area (Å²) in [6.07, 6.45) is 0.455. The molecule has 1 atom stereocenters. The van der Waals surface area contributed by atoms with Crippen LogP contribution >= 0.6 is 23.4 Å². The number of nitrogens with zero attached hydrogens (tertiary/aromatic N) is 2. The van der Waals surface area contributed by atoms with Crippen molar-refractivity contribution in [2.45, 2.75) is 24.3 Å². The van der Waals surface area contributed by atoms with Crippen molar-refractivity contribution in [2.24, 2.45) is 0 Å². The lowest BCUT2D eigenvalue weighted by atomic mass is 10.2. The average molecular weight is 375 g/mol. The first-order valence-corrected chi connectivity index (χ1v) is 9.87. The summed E-state index contributed by atoms with van der Waals surface area (Å²) in [4.78, 5) is 24.9. The summed E-state index contributed by atoms with van der Waals surface area (Å²) >= 11 is 6.98. The quantitative estimate of drug-likeness (QED) is 0.810. The lowest BCUT2D eigenvalue weighted by Gasteiger charge is -2.22. The number of imide groups is 1. The van der Waals surface area contributed by atoms with E-state index in [-0.39, 0.29) is 40.9 Å². The van der Waals surface area contributed by atoms with Gasteiger partial charge in [0, 0.05) is 18.1 Å². The second-order valence-electron chi connectivity index (χ2n) is 5.49. The highest BCUT2D eigenvalue weighted by molar-refractivity contribution is 8.14. The van der Waals surface area contributed by atoms with Crippen LogP contribution in [0.2, 0.25) is 5.02 Å². The van der Waals surface area contributed by atoms with Gasteiger partial charge in [-0.25, -0.2) is 8.42 Å². The van der Waals surface area contributed by atoms with Gasteiger partial charge in [-0.05, 0) is 31.0 Å². The summed E-state index contributed by atoms with van der Waals surface area (Å²) in [7, 11) is -3.70. The highest BCUT2D eigenvalue weighted by Crippen LogP contribution is 2.31. The molecule has 2 aliphatic heterocycles. The molecule has 0 radical (unpaired) electrons. The predicted octanol–water partition coefficient (Wildman–Crippen LogP) is 2.11. The first-order valence-electron chi connectivity index (χ1n) is 7.06. The zero-order valence-electron chi connectivity index (χ0n) is 12.4. The fourth-order valence-electron chi connectivity index (χ4n) is 2.86. The van der Waals surface area contributed by atoms with Crippen LogP contribution in [0.4, 0.5) is 4.79 Å². The van der Waals surface area contributed by atoms with Crippen LogP contribution in [0.3, 0.4) is 0 Å². The number of thioether (sulfide) groups is 1. The molecule has 3 rings (SSSR count). The Hall–Kier alpha value is -1.09.